The van der Waals surface area contributed by atoms with Crippen LogP contribution >= 0.6 is 23.2 Å². The molecule has 19 heavy (non-hydrogen) atoms. The van der Waals surface area contributed by atoms with Gasteiger partial charge in [-0.25, -0.2) is 9.37 Å². The van der Waals surface area contributed by atoms with E-state index in [1.54, 1.807) is 18.2 Å². The Morgan fingerprint density at radius 3 is 2.63 bits per heavy atom. The summed E-state index contributed by atoms with van der Waals surface area (Å²) in [5.74, 6) is -0.242. The molecule has 5 heteroatoms. The molecule has 0 amide bonds. The third-order valence-corrected chi connectivity index (χ3v) is 3.27. The third kappa shape index (κ3) is 3.37. The first-order valence-corrected chi connectivity index (χ1v) is 6.54. The van der Waals surface area contributed by atoms with Gasteiger partial charge in [0, 0.05) is 12.1 Å². The minimum Gasteiger partial charge on any atom is -0.378 e. The first kappa shape index (κ1) is 14.1. The highest BCUT2D eigenvalue weighted by atomic mass is 35.5. The second kappa shape index (κ2) is 5.76. The van der Waals surface area contributed by atoms with Gasteiger partial charge in [0.2, 0.25) is 0 Å². The van der Waals surface area contributed by atoms with Crippen molar-refractivity contribution in [3.05, 3.63) is 57.1 Å². The lowest BCUT2D eigenvalue weighted by molar-refractivity contribution is 0.612. The first-order valence-electron chi connectivity index (χ1n) is 5.79. The summed E-state index contributed by atoms with van der Waals surface area (Å²) in [6.07, 6.45) is 0. The van der Waals surface area contributed by atoms with Crippen LogP contribution in [0.3, 0.4) is 0 Å². The standard InChI is InChI=1S/C14H13Cl2FN2/c1-8-3-4-11(17)10(5-8)7-18-13-9(2)6-12(15)19-14(13)16/h3-6,18H,7H2,1-2H3. The minimum atomic E-state index is -0.242. The Hall–Kier alpha value is -1.32. The quantitative estimate of drug-likeness (QED) is 0.827. The number of aryl methyl sites for hydroxylation is 2. The molecule has 0 aliphatic carbocycles. The fourth-order valence-corrected chi connectivity index (χ4v) is 2.43. The molecule has 0 bridgehead atoms. The molecule has 0 saturated heterocycles. The van der Waals surface area contributed by atoms with E-state index in [1.807, 2.05) is 13.8 Å². The zero-order valence-electron chi connectivity index (χ0n) is 10.6. The summed E-state index contributed by atoms with van der Waals surface area (Å²) in [5.41, 5.74) is 3.14. The SMILES string of the molecule is Cc1ccc(F)c(CNc2c(C)cc(Cl)nc2Cl)c1. The van der Waals surface area contributed by atoms with E-state index in [1.165, 1.54) is 6.07 Å². The van der Waals surface area contributed by atoms with Gasteiger partial charge in [-0.2, -0.15) is 0 Å². The van der Waals surface area contributed by atoms with Crippen LogP contribution in [0.5, 0.6) is 0 Å². The molecule has 1 aromatic heterocycles. The van der Waals surface area contributed by atoms with Gasteiger partial charge in [-0.15, -0.1) is 0 Å². The third-order valence-electron chi connectivity index (χ3n) is 2.80. The average molecular weight is 299 g/mol. The number of halogens is 3. The van der Waals surface area contributed by atoms with Crippen molar-refractivity contribution in [1.82, 2.24) is 4.98 Å². The van der Waals surface area contributed by atoms with E-state index in [0.29, 0.717) is 22.9 Å². The van der Waals surface area contributed by atoms with Gasteiger partial charge in [-0.1, -0.05) is 40.9 Å². The van der Waals surface area contributed by atoms with Crippen molar-refractivity contribution in [3.63, 3.8) is 0 Å². The molecule has 1 N–H and O–H groups in total. The molecule has 2 aromatic rings. The van der Waals surface area contributed by atoms with Crippen molar-refractivity contribution in [3.8, 4) is 0 Å². The number of benzene rings is 1. The van der Waals surface area contributed by atoms with Crippen LogP contribution in [0.1, 0.15) is 16.7 Å². The Balaban J connectivity index is 2.21. The predicted octanol–water partition coefficient (Wildman–Crippen LogP) is 4.76. The number of nitrogens with one attached hydrogen (secondary N) is 1. The second-order valence-corrected chi connectivity index (χ2v) is 5.12. The molecular weight excluding hydrogens is 286 g/mol. The summed E-state index contributed by atoms with van der Waals surface area (Å²) >= 11 is 11.8. The molecule has 0 aliphatic rings. The van der Waals surface area contributed by atoms with Gasteiger partial charge in [0.15, 0.2) is 5.15 Å². The summed E-state index contributed by atoms with van der Waals surface area (Å²) in [6.45, 7) is 4.14. The van der Waals surface area contributed by atoms with Crippen molar-refractivity contribution in [2.24, 2.45) is 0 Å². The maximum Gasteiger partial charge on any atom is 0.154 e. The topological polar surface area (TPSA) is 24.9 Å². The van der Waals surface area contributed by atoms with Crippen LogP contribution < -0.4 is 5.32 Å². The largest absolute Gasteiger partial charge is 0.378 e. The highest BCUT2D eigenvalue weighted by molar-refractivity contribution is 6.34. The van der Waals surface area contributed by atoms with E-state index in [-0.39, 0.29) is 11.0 Å². The number of anilines is 1. The Bertz CT molecular complexity index is 591. The Morgan fingerprint density at radius 1 is 1.21 bits per heavy atom. The maximum atomic E-state index is 13.6. The Kier molecular flexibility index (Phi) is 4.27. The van der Waals surface area contributed by atoms with Gasteiger partial charge >= 0.3 is 0 Å². The molecule has 0 fully saturated rings. The van der Waals surface area contributed by atoms with Crippen molar-refractivity contribution < 1.29 is 4.39 Å². The molecule has 0 aliphatic heterocycles. The molecule has 2 rings (SSSR count). The average Bonchev–Trinajstić information content (AvgIpc) is 2.32. The number of aromatic nitrogens is 1. The molecular formula is C14H13Cl2FN2. The van der Waals surface area contributed by atoms with Gasteiger partial charge in [-0.05, 0) is 31.5 Å². The van der Waals surface area contributed by atoms with E-state index in [4.69, 9.17) is 23.2 Å². The Labute approximate surface area is 121 Å². The van der Waals surface area contributed by atoms with Crippen LogP contribution in [-0.2, 0) is 6.54 Å². The van der Waals surface area contributed by atoms with Crippen molar-refractivity contribution in [2.45, 2.75) is 20.4 Å². The van der Waals surface area contributed by atoms with Crippen LogP contribution in [0.15, 0.2) is 24.3 Å². The Morgan fingerprint density at radius 2 is 1.95 bits per heavy atom. The van der Waals surface area contributed by atoms with Gasteiger partial charge in [0.1, 0.15) is 11.0 Å². The lowest BCUT2D eigenvalue weighted by Gasteiger charge is -2.12. The molecule has 0 atom stereocenters. The van der Waals surface area contributed by atoms with Gasteiger partial charge in [0.05, 0.1) is 5.69 Å². The minimum absolute atomic E-state index is 0.242. The van der Waals surface area contributed by atoms with Crippen molar-refractivity contribution in [2.75, 3.05) is 5.32 Å². The number of hydrogen-bond acceptors (Lipinski definition) is 2. The number of pyridine rings is 1. The summed E-state index contributed by atoms with van der Waals surface area (Å²) in [4.78, 5) is 3.96. The molecule has 0 saturated carbocycles. The smallest absolute Gasteiger partial charge is 0.154 e. The van der Waals surface area contributed by atoms with Crippen LogP contribution in [0.4, 0.5) is 10.1 Å². The van der Waals surface area contributed by atoms with E-state index in [2.05, 4.69) is 10.3 Å². The zero-order chi connectivity index (χ0) is 14.0. The van der Waals surface area contributed by atoms with E-state index >= 15 is 0 Å². The fourth-order valence-electron chi connectivity index (χ4n) is 1.83. The normalized spacial score (nSPS) is 10.6. The summed E-state index contributed by atoms with van der Waals surface area (Å²) < 4.78 is 13.6. The monoisotopic (exact) mass is 298 g/mol. The van der Waals surface area contributed by atoms with Crippen LogP contribution in [0.25, 0.3) is 0 Å². The fraction of sp³-hybridized carbons (Fsp3) is 0.214. The van der Waals surface area contributed by atoms with Gasteiger partial charge in [-0.3, -0.25) is 0 Å². The number of hydrogen-bond donors (Lipinski definition) is 1. The van der Waals surface area contributed by atoms with E-state index in [9.17, 15) is 4.39 Å². The predicted molar refractivity (Wildman–Crippen MR) is 77.5 cm³/mol. The summed E-state index contributed by atoms with van der Waals surface area (Å²) in [5, 5.41) is 3.73. The lowest BCUT2D eigenvalue weighted by Crippen LogP contribution is -2.05. The van der Waals surface area contributed by atoms with E-state index < -0.39 is 0 Å². The van der Waals surface area contributed by atoms with Crippen LogP contribution in [0, 0.1) is 19.7 Å². The second-order valence-electron chi connectivity index (χ2n) is 4.38. The maximum absolute atomic E-state index is 13.6. The highest BCUT2D eigenvalue weighted by Gasteiger charge is 2.09. The van der Waals surface area contributed by atoms with Crippen molar-refractivity contribution >= 4 is 28.9 Å². The van der Waals surface area contributed by atoms with Gasteiger partial charge in [0.25, 0.3) is 0 Å². The lowest BCUT2D eigenvalue weighted by atomic mass is 10.1. The number of nitrogens with zero attached hydrogens (tertiary/aromatic N) is 1. The highest BCUT2D eigenvalue weighted by Crippen LogP contribution is 2.27. The summed E-state index contributed by atoms with van der Waals surface area (Å²) in [7, 11) is 0. The molecule has 0 unspecified atom stereocenters. The molecule has 1 heterocycles. The summed E-state index contributed by atoms with van der Waals surface area (Å²) in [6, 6.07) is 6.71. The van der Waals surface area contributed by atoms with Crippen molar-refractivity contribution in [1.29, 1.82) is 0 Å². The van der Waals surface area contributed by atoms with Gasteiger partial charge < -0.3 is 5.32 Å². The number of rotatable bonds is 3. The molecule has 0 radical (unpaired) electrons. The molecule has 0 spiro atoms. The molecule has 2 nitrogen and oxygen atoms in total. The molecule has 1 aromatic carbocycles. The van der Waals surface area contributed by atoms with E-state index in [0.717, 1.165) is 11.1 Å². The van der Waals surface area contributed by atoms with Crippen LogP contribution in [0.2, 0.25) is 10.3 Å². The zero-order valence-corrected chi connectivity index (χ0v) is 12.1. The first-order chi connectivity index (χ1) is 8.97. The van der Waals surface area contributed by atoms with Crippen LogP contribution in [-0.4, -0.2) is 4.98 Å². The molecule has 100 valence electrons.